The minimum absolute atomic E-state index is 0.170. The smallest absolute Gasteiger partial charge is 0.277 e. The average Bonchev–Trinajstić information content (AvgIpc) is 3.27. The molecule has 0 saturated heterocycles. The van der Waals surface area contributed by atoms with Crippen LogP contribution in [0.2, 0.25) is 5.02 Å². The van der Waals surface area contributed by atoms with Gasteiger partial charge in [0.25, 0.3) is 0 Å². The highest BCUT2D eigenvalue weighted by molar-refractivity contribution is 7.99. The highest BCUT2D eigenvalue weighted by Gasteiger charge is 2.09. The van der Waals surface area contributed by atoms with E-state index in [2.05, 4.69) is 25.2 Å². The van der Waals surface area contributed by atoms with Crippen molar-refractivity contribution < 1.29 is 0 Å². The molecule has 0 saturated carbocycles. The van der Waals surface area contributed by atoms with Crippen LogP contribution >= 0.6 is 23.4 Å². The summed E-state index contributed by atoms with van der Waals surface area (Å²) in [5.41, 5.74) is 0.681. The average molecular weight is 456 g/mol. The molecule has 0 unspecified atom stereocenters. The van der Waals surface area contributed by atoms with E-state index >= 15 is 0 Å². The summed E-state index contributed by atoms with van der Waals surface area (Å²) < 4.78 is 2.57. The third kappa shape index (κ3) is 4.86. The number of aromatic nitrogens is 6. The van der Waals surface area contributed by atoms with Gasteiger partial charge in [0.05, 0.1) is 12.2 Å². The van der Waals surface area contributed by atoms with Crippen LogP contribution in [-0.4, -0.2) is 29.3 Å². The number of hydrogen-bond donors (Lipinski definition) is 2. The van der Waals surface area contributed by atoms with E-state index in [0.717, 1.165) is 15.0 Å². The van der Waals surface area contributed by atoms with Crippen molar-refractivity contribution in [2.24, 2.45) is 4.99 Å². The maximum Gasteiger partial charge on any atom is 0.335 e. The Morgan fingerprint density at radius 1 is 1.06 bits per heavy atom. The fourth-order valence-corrected chi connectivity index (χ4v) is 3.71. The van der Waals surface area contributed by atoms with Crippen LogP contribution in [0.15, 0.2) is 79.5 Å². The van der Waals surface area contributed by atoms with Gasteiger partial charge in [-0.25, -0.2) is 24.1 Å². The van der Waals surface area contributed by atoms with Gasteiger partial charge in [0.2, 0.25) is 10.8 Å². The standard InChI is InChI=1S/C20H18ClN7O2S/c1-2-27-19(29)25-17(28(20(27)30)11-13-3-5-14(21)6-4-13)24-15-7-9-16(10-8-15)31-18-22-12-23-26-18/h3-10,12H,2,11H2,1H3,(H,22,23,26)(H,24,25,29). The summed E-state index contributed by atoms with van der Waals surface area (Å²) in [6.07, 6.45) is 1.51. The highest BCUT2D eigenvalue weighted by atomic mass is 35.5. The number of rotatable bonds is 6. The van der Waals surface area contributed by atoms with Crippen LogP contribution < -0.4 is 17.0 Å². The summed E-state index contributed by atoms with van der Waals surface area (Å²) in [5.74, 6) is 0. The van der Waals surface area contributed by atoms with E-state index in [4.69, 9.17) is 11.6 Å². The first kappa shape index (κ1) is 20.9. The van der Waals surface area contributed by atoms with Crippen molar-refractivity contribution in [2.45, 2.75) is 30.1 Å². The minimum atomic E-state index is -0.504. The van der Waals surface area contributed by atoms with Crippen LogP contribution in [0.5, 0.6) is 0 Å². The molecule has 0 amide bonds. The zero-order chi connectivity index (χ0) is 21.8. The highest BCUT2D eigenvalue weighted by Crippen LogP contribution is 2.25. The van der Waals surface area contributed by atoms with E-state index in [9.17, 15) is 9.59 Å². The Balaban J connectivity index is 1.74. The van der Waals surface area contributed by atoms with Crippen LogP contribution in [-0.2, 0) is 13.1 Å². The van der Waals surface area contributed by atoms with Gasteiger partial charge in [-0.1, -0.05) is 23.7 Å². The van der Waals surface area contributed by atoms with Gasteiger partial charge in [0.15, 0.2) is 0 Å². The van der Waals surface area contributed by atoms with Crippen molar-refractivity contribution in [1.29, 1.82) is 0 Å². The molecule has 0 bridgehead atoms. The number of nitrogens with one attached hydrogen (secondary N) is 2. The molecule has 2 heterocycles. The second-order valence-electron chi connectivity index (χ2n) is 6.48. The number of benzene rings is 2. The third-order valence-corrected chi connectivity index (χ3v) is 5.56. The van der Waals surface area contributed by atoms with Crippen molar-refractivity contribution in [1.82, 2.24) is 29.3 Å². The molecule has 4 aromatic rings. The van der Waals surface area contributed by atoms with Gasteiger partial charge in [0.1, 0.15) is 6.33 Å². The predicted molar refractivity (Wildman–Crippen MR) is 118 cm³/mol. The molecule has 4 rings (SSSR count). The predicted octanol–water partition coefficient (Wildman–Crippen LogP) is 2.56. The first-order chi connectivity index (χ1) is 15.0. The van der Waals surface area contributed by atoms with E-state index in [1.54, 1.807) is 31.2 Å². The van der Waals surface area contributed by atoms with E-state index in [1.165, 1.54) is 22.7 Å². The molecule has 0 aliphatic heterocycles. The Morgan fingerprint density at radius 2 is 1.81 bits per heavy atom. The molecule has 0 radical (unpaired) electrons. The second kappa shape index (κ2) is 9.19. The molecule has 0 aliphatic rings. The molecular weight excluding hydrogens is 438 g/mol. The number of halogens is 1. The number of hydrogen-bond acceptors (Lipinski definition) is 6. The van der Waals surface area contributed by atoms with Crippen LogP contribution in [0.1, 0.15) is 12.5 Å². The van der Waals surface area contributed by atoms with Crippen molar-refractivity contribution in [2.75, 3.05) is 0 Å². The summed E-state index contributed by atoms with van der Waals surface area (Å²) in [6.45, 7) is 2.23. The molecule has 158 valence electrons. The van der Waals surface area contributed by atoms with Crippen LogP contribution in [0.4, 0.5) is 5.69 Å². The molecule has 0 spiro atoms. The lowest BCUT2D eigenvalue weighted by Gasteiger charge is -2.10. The van der Waals surface area contributed by atoms with Crippen molar-refractivity contribution >= 4 is 29.1 Å². The quantitative estimate of drug-likeness (QED) is 0.463. The lowest BCUT2D eigenvalue weighted by molar-refractivity contribution is 0.541. The lowest BCUT2D eigenvalue weighted by Crippen LogP contribution is -2.49. The Hall–Kier alpha value is -3.37. The van der Waals surface area contributed by atoms with Gasteiger partial charge in [0, 0.05) is 16.5 Å². The second-order valence-corrected chi connectivity index (χ2v) is 7.96. The van der Waals surface area contributed by atoms with Gasteiger partial charge >= 0.3 is 11.4 Å². The summed E-state index contributed by atoms with van der Waals surface area (Å²) in [7, 11) is 0. The van der Waals surface area contributed by atoms with Gasteiger partial charge in [-0.2, -0.15) is 0 Å². The first-order valence-electron chi connectivity index (χ1n) is 9.40. The zero-order valence-corrected chi connectivity index (χ0v) is 18.0. The monoisotopic (exact) mass is 455 g/mol. The van der Waals surface area contributed by atoms with Crippen LogP contribution in [0.25, 0.3) is 0 Å². The van der Waals surface area contributed by atoms with E-state index in [1.807, 2.05) is 24.3 Å². The molecule has 2 aromatic carbocycles. The largest absolute Gasteiger partial charge is 0.335 e. The molecule has 0 atom stereocenters. The van der Waals surface area contributed by atoms with Gasteiger partial charge in [-0.3, -0.25) is 14.6 Å². The molecule has 0 fully saturated rings. The van der Waals surface area contributed by atoms with Crippen molar-refractivity contribution in [3.8, 4) is 0 Å². The normalized spacial score (nSPS) is 11.7. The maximum absolute atomic E-state index is 12.9. The van der Waals surface area contributed by atoms with E-state index in [0.29, 0.717) is 15.9 Å². The Kier molecular flexibility index (Phi) is 6.19. The summed E-state index contributed by atoms with van der Waals surface area (Å²) >= 11 is 7.36. The molecule has 2 aromatic heterocycles. The Bertz CT molecular complexity index is 1360. The number of nitrogens with zero attached hydrogens (tertiary/aromatic N) is 5. The van der Waals surface area contributed by atoms with Crippen molar-refractivity contribution in [3.05, 3.63) is 92.0 Å². The lowest BCUT2D eigenvalue weighted by atomic mass is 10.2. The zero-order valence-electron chi connectivity index (χ0n) is 16.4. The van der Waals surface area contributed by atoms with Crippen LogP contribution in [0.3, 0.4) is 0 Å². The molecular formula is C20H18ClN7O2S. The summed E-state index contributed by atoms with van der Waals surface area (Å²) in [4.78, 5) is 37.5. The first-order valence-corrected chi connectivity index (χ1v) is 10.6. The molecule has 11 heteroatoms. The molecule has 2 N–H and O–H groups in total. The third-order valence-electron chi connectivity index (χ3n) is 4.43. The van der Waals surface area contributed by atoms with Gasteiger partial charge < -0.3 is 0 Å². The molecule has 0 aliphatic carbocycles. The summed E-state index contributed by atoms with van der Waals surface area (Å²) in [6, 6.07) is 14.5. The SMILES string of the molecule is CCn1c(=O)[nH]/c(=N\c2ccc(Sc3nc[nH]n3)cc2)n(Cc2ccc(Cl)cc2)c1=O. The Labute approximate surface area is 185 Å². The number of H-pyrrole nitrogens is 2. The minimum Gasteiger partial charge on any atom is -0.277 e. The van der Waals surface area contributed by atoms with E-state index < -0.39 is 11.4 Å². The molecule has 9 nitrogen and oxygen atoms in total. The number of aromatic amines is 2. The van der Waals surface area contributed by atoms with Crippen molar-refractivity contribution in [3.63, 3.8) is 0 Å². The molecule has 31 heavy (non-hydrogen) atoms. The summed E-state index contributed by atoms with van der Waals surface area (Å²) in [5, 5.41) is 7.89. The van der Waals surface area contributed by atoms with Crippen LogP contribution in [0, 0.1) is 0 Å². The van der Waals surface area contributed by atoms with Gasteiger partial charge in [-0.15, -0.1) is 5.10 Å². The fraction of sp³-hybridized carbons (Fsp3) is 0.150. The fourth-order valence-electron chi connectivity index (χ4n) is 2.90. The topological polar surface area (TPSA) is 114 Å². The maximum atomic E-state index is 12.9. The Morgan fingerprint density at radius 3 is 2.45 bits per heavy atom. The van der Waals surface area contributed by atoms with Gasteiger partial charge in [-0.05, 0) is 60.6 Å². The van der Waals surface area contributed by atoms with E-state index in [-0.39, 0.29) is 18.7 Å².